The average molecular weight is 288 g/mol. The Morgan fingerprint density at radius 1 is 1.20 bits per heavy atom. The van der Waals surface area contributed by atoms with Gasteiger partial charge in [-0.15, -0.1) is 12.6 Å². The molecule has 0 saturated heterocycles. The highest BCUT2D eigenvalue weighted by molar-refractivity contribution is 7.80. The van der Waals surface area contributed by atoms with E-state index in [2.05, 4.69) is 18.7 Å². The van der Waals surface area contributed by atoms with Crippen molar-refractivity contribution in [3.8, 4) is 0 Å². The molecule has 2 unspecified atom stereocenters. The molecule has 0 aliphatic heterocycles. The van der Waals surface area contributed by atoms with E-state index in [1.165, 1.54) is 0 Å². The van der Waals surface area contributed by atoms with E-state index in [1.54, 1.807) is 0 Å². The largest absolute Gasteiger partial charge is 0.458 e. The lowest BCUT2D eigenvalue weighted by atomic mass is 10.0. The molecule has 0 radical (unpaired) electrons. The number of rotatable bonds is 4. The Labute approximate surface area is 125 Å². The Balaban J connectivity index is 2.28. The van der Waals surface area contributed by atoms with Crippen molar-refractivity contribution in [2.24, 2.45) is 5.92 Å². The van der Waals surface area contributed by atoms with Crippen molar-refractivity contribution in [2.75, 3.05) is 0 Å². The van der Waals surface area contributed by atoms with E-state index in [0.29, 0.717) is 0 Å². The van der Waals surface area contributed by atoms with Gasteiger partial charge in [0.1, 0.15) is 6.10 Å². The number of hydrogen-bond acceptors (Lipinski definition) is 3. The first-order valence-electron chi connectivity index (χ1n) is 6.95. The molecule has 0 bridgehead atoms. The maximum atomic E-state index is 11.9. The van der Waals surface area contributed by atoms with Gasteiger partial charge in [-0.25, -0.2) is 0 Å². The van der Waals surface area contributed by atoms with E-state index in [-0.39, 0.29) is 18.0 Å². The Hall–Kier alpha value is -1.48. The minimum absolute atomic E-state index is 0.0683. The van der Waals surface area contributed by atoms with Crippen LogP contribution in [0.1, 0.15) is 38.9 Å². The second kappa shape index (κ2) is 6.31. The molecular weight excluding hydrogens is 268 g/mol. The summed E-state index contributed by atoms with van der Waals surface area (Å²) in [4.78, 5) is 12.8. The topological polar surface area (TPSA) is 26.3 Å². The van der Waals surface area contributed by atoms with Crippen LogP contribution in [0.25, 0.3) is 10.8 Å². The van der Waals surface area contributed by atoms with E-state index in [4.69, 9.17) is 4.74 Å². The van der Waals surface area contributed by atoms with E-state index in [9.17, 15) is 4.79 Å². The number of thiol groups is 1. The highest BCUT2D eigenvalue weighted by Gasteiger charge is 2.19. The van der Waals surface area contributed by atoms with Gasteiger partial charge in [0.25, 0.3) is 0 Å². The lowest BCUT2D eigenvalue weighted by Crippen LogP contribution is -2.16. The number of ether oxygens (including phenoxy) is 1. The van der Waals surface area contributed by atoms with Crippen molar-refractivity contribution in [1.29, 1.82) is 0 Å². The number of benzene rings is 2. The molecule has 2 atom stereocenters. The van der Waals surface area contributed by atoms with Gasteiger partial charge in [0.15, 0.2) is 0 Å². The molecule has 20 heavy (non-hydrogen) atoms. The summed E-state index contributed by atoms with van der Waals surface area (Å²) in [5.41, 5.74) is 0.948. The normalized spacial score (nSPS) is 14.0. The van der Waals surface area contributed by atoms with Crippen LogP contribution in [0.4, 0.5) is 0 Å². The van der Waals surface area contributed by atoms with Crippen molar-refractivity contribution >= 4 is 29.4 Å². The third kappa shape index (κ3) is 2.98. The quantitative estimate of drug-likeness (QED) is 0.647. The molecule has 0 spiro atoms. The molecule has 3 heteroatoms. The van der Waals surface area contributed by atoms with Crippen LogP contribution in [-0.4, -0.2) is 5.97 Å². The summed E-state index contributed by atoms with van der Waals surface area (Å²) < 4.78 is 5.53. The van der Waals surface area contributed by atoms with Crippen LogP contribution in [0.3, 0.4) is 0 Å². The van der Waals surface area contributed by atoms with Crippen LogP contribution < -0.4 is 0 Å². The number of carbonyl (C=O) groups excluding carboxylic acids is 1. The van der Waals surface area contributed by atoms with Crippen LogP contribution in [0.5, 0.6) is 0 Å². The second-order valence-electron chi connectivity index (χ2n) is 5.11. The second-order valence-corrected chi connectivity index (χ2v) is 5.56. The third-order valence-corrected chi connectivity index (χ3v) is 4.18. The van der Waals surface area contributed by atoms with Crippen LogP contribution in [-0.2, 0) is 9.53 Å². The van der Waals surface area contributed by atoms with Gasteiger partial charge in [0, 0.05) is 10.5 Å². The first kappa shape index (κ1) is 14.9. The fraction of sp³-hybridized carbons (Fsp3) is 0.353. The predicted molar refractivity (Wildman–Crippen MR) is 85.2 cm³/mol. The fourth-order valence-corrected chi connectivity index (χ4v) is 2.58. The van der Waals surface area contributed by atoms with Gasteiger partial charge in [-0.3, -0.25) is 4.79 Å². The van der Waals surface area contributed by atoms with Crippen molar-refractivity contribution < 1.29 is 9.53 Å². The Kier molecular flexibility index (Phi) is 4.71. The molecule has 2 rings (SSSR count). The van der Waals surface area contributed by atoms with Gasteiger partial charge in [-0.05, 0) is 24.1 Å². The Bertz CT molecular complexity index is 621. The zero-order valence-electron chi connectivity index (χ0n) is 12.1. The minimum Gasteiger partial charge on any atom is -0.458 e. The van der Waals surface area contributed by atoms with Crippen molar-refractivity contribution in [2.45, 2.75) is 38.2 Å². The number of esters is 1. The van der Waals surface area contributed by atoms with Gasteiger partial charge in [0.2, 0.25) is 0 Å². The van der Waals surface area contributed by atoms with E-state index in [0.717, 1.165) is 27.7 Å². The fourth-order valence-electron chi connectivity index (χ4n) is 2.12. The van der Waals surface area contributed by atoms with E-state index < -0.39 is 0 Å². The van der Waals surface area contributed by atoms with Crippen LogP contribution >= 0.6 is 12.6 Å². The van der Waals surface area contributed by atoms with Gasteiger partial charge >= 0.3 is 5.97 Å². The first-order chi connectivity index (χ1) is 9.54. The number of hydrogen-bond donors (Lipinski definition) is 1. The molecule has 106 valence electrons. The Morgan fingerprint density at radius 2 is 1.90 bits per heavy atom. The molecule has 2 nitrogen and oxygen atoms in total. The summed E-state index contributed by atoms with van der Waals surface area (Å²) in [7, 11) is 0. The summed E-state index contributed by atoms with van der Waals surface area (Å²) in [6.07, 6.45) is 0.505. The molecule has 0 aromatic heterocycles. The van der Waals surface area contributed by atoms with Crippen LogP contribution in [0, 0.1) is 5.92 Å². The molecule has 0 heterocycles. The smallest absolute Gasteiger partial charge is 0.309 e. The van der Waals surface area contributed by atoms with Gasteiger partial charge < -0.3 is 4.74 Å². The first-order valence-corrected chi connectivity index (χ1v) is 7.40. The zero-order valence-corrected chi connectivity index (χ0v) is 13.0. The molecule has 0 fully saturated rings. The number of carbonyl (C=O) groups is 1. The maximum Gasteiger partial charge on any atom is 0.309 e. The molecular formula is C17H20O2S. The lowest BCUT2D eigenvalue weighted by Gasteiger charge is -2.18. The number of fused-ring (bicyclic) bond motifs is 1. The summed E-state index contributed by atoms with van der Waals surface area (Å²) in [5.74, 6) is -0.220. The summed E-state index contributed by atoms with van der Waals surface area (Å²) in [6, 6.07) is 12.1. The van der Waals surface area contributed by atoms with E-state index >= 15 is 0 Å². The van der Waals surface area contributed by atoms with Crippen molar-refractivity contribution in [3.63, 3.8) is 0 Å². The SMILES string of the molecule is CCC(C)C(=O)OC(C)c1ccc2ccccc2c1S. The van der Waals surface area contributed by atoms with Gasteiger partial charge in [-0.1, -0.05) is 50.2 Å². The minimum atomic E-state index is -0.284. The average Bonchev–Trinajstić information content (AvgIpc) is 2.46. The van der Waals surface area contributed by atoms with Crippen molar-refractivity contribution in [1.82, 2.24) is 0 Å². The molecule has 0 aliphatic carbocycles. The summed E-state index contributed by atoms with van der Waals surface area (Å²) in [5, 5.41) is 2.22. The third-order valence-electron chi connectivity index (χ3n) is 3.68. The zero-order chi connectivity index (χ0) is 14.7. The molecule has 0 N–H and O–H groups in total. The molecule has 0 aliphatic rings. The highest BCUT2D eigenvalue weighted by atomic mass is 32.1. The van der Waals surface area contributed by atoms with E-state index in [1.807, 2.05) is 51.1 Å². The van der Waals surface area contributed by atoms with Crippen LogP contribution in [0.2, 0.25) is 0 Å². The standard InChI is InChI=1S/C17H20O2S/c1-4-11(2)17(18)19-12(3)14-10-9-13-7-5-6-8-15(13)16(14)20/h5-12,20H,4H2,1-3H3. The van der Waals surface area contributed by atoms with Crippen molar-refractivity contribution in [3.05, 3.63) is 42.0 Å². The summed E-state index contributed by atoms with van der Waals surface area (Å²) in [6.45, 7) is 5.76. The Morgan fingerprint density at radius 3 is 2.60 bits per heavy atom. The predicted octanol–water partition coefficient (Wildman–Crippen LogP) is 4.78. The maximum absolute atomic E-state index is 11.9. The lowest BCUT2D eigenvalue weighted by molar-refractivity contribution is -0.153. The molecule has 2 aromatic rings. The van der Waals surface area contributed by atoms with Crippen LogP contribution in [0.15, 0.2) is 41.3 Å². The molecule has 0 amide bonds. The molecule has 0 saturated carbocycles. The van der Waals surface area contributed by atoms with Gasteiger partial charge in [-0.2, -0.15) is 0 Å². The highest BCUT2D eigenvalue weighted by Crippen LogP contribution is 2.31. The molecule has 2 aromatic carbocycles. The monoisotopic (exact) mass is 288 g/mol. The van der Waals surface area contributed by atoms with Gasteiger partial charge in [0.05, 0.1) is 5.92 Å². The summed E-state index contributed by atoms with van der Waals surface area (Å²) >= 11 is 4.61.